The number of hydrogen-bond acceptors (Lipinski definition) is 6. The Morgan fingerprint density at radius 2 is 1.72 bits per heavy atom. The Morgan fingerprint density at radius 1 is 1.00 bits per heavy atom. The highest BCUT2D eigenvalue weighted by Gasteiger charge is 2.53. The van der Waals surface area contributed by atoms with Crippen molar-refractivity contribution in [2.45, 2.75) is 37.5 Å². The van der Waals surface area contributed by atoms with Crippen LogP contribution in [-0.4, -0.2) is 42.2 Å². The first-order valence-electron chi connectivity index (χ1n) is 15.4. The number of rotatable bonds is 15. The molecule has 0 saturated carbocycles. The van der Waals surface area contributed by atoms with Crippen LogP contribution in [0.1, 0.15) is 46.8 Å². The highest BCUT2D eigenvalue weighted by atomic mass is 16.5. The maximum atomic E-state index is 14.4. The lowest BCUT2D eigenvalue weighted by Crippen LogP contribution is -2.48. The van der Waals surface area contributed by atoms with Crippen LogP contribution in [0.5, 0.6) is 5.75 Å². The molecule has 1 amide bonds. The molecular formula is C37H37N5O4. The first-order chi connectivity index (χ1) is 22.6. The van der Waals surface area contributed by atoms with E-state index >= 15 is 0 Å². The fourth-order valence-corrected chi connectivity index (χ4v) is 5.39. The molecule has 234 valence electrons. The van der Waals surface area contributed by atoms with Gasteiger partial charge >= 0.3 is 0 Å². The smallest absolute Gasteiger partial charge is 0.252 e. The van der Waals surface area contributed by atoms with Crippen molar-refractivity contribution in [3.63, 3.8) is 0 Å². The Labute approximate surface area is 268 Å². The summed E-state index contributed by atoms with van der Waals surface area (Å²) < 4.78 is 12.4. The third-order valence-electron chi connectivity index (χ3n) is 7.75. The SMILES string of the molecule is [N-]=[N+]=NCc1ccccc1[C@H]1OC(c2ccc(OCCCO)cc2)=N[C@@]1(C/C=C/c1ccccc1)C(=O)NCCc1ccccc1. The summed E-state index contributed by atoms with van der Waals surface area (Å²) in [6.07, 6.45) is 4.59. The van der Waals surface area contributed by atoms with Crippen LogP contribution in [0.2, 0.25) is 0 Å². The van der Waals surface area contributed by atoms with E-state index in [-0.39, 0.29) is 25.5 Å². The van der Waals surface area contributed by atoms with Crippen LogP contribution in [-0.2, 0) is 22.5 Å². The first-order valence-corrected chi connectivity index (χ1v) is 15.4. The monoisotopic (exact) mass is 615 g/mol. The molecule has 5 rings (SSSR count). The topological polar surface area (TPSA) is 129 Å². The van der Waals surface area contributed by atoms with E-state index in [4.69, 9.17) is 25.1 Å². The highest BCUT2D eigenvalue weighted by Crippen LogP contribution is 2.44. The number of amides is 1. The summed E-state index contributed by atoms with van der Waals surface area (Å²) in [4.78, 5) is 22.5. The average molecular weight is 616 g/mol. The van der Waals surface area contributed by atoms with Crippen molar-refractivity contribution in [2.24, 2.45) is 10.1 Å². The molecule has 0 aliphatic carbocycles. The summed E-state index contributed by atoms with van der Waals surface area (Å²) >= 11 is 0. The maximum Gasteiger partial charge on any atom is 0.252 e. The molecule has 1 aliphatic rings. The van der Waals surface area contributed by atoms with Crippen LogP contribution < -0.4 is 10.1 Å². The zero-order valence-electron chi connectivity index (χ0n) is 25.5. The highest BCUT2D eigenvalue weighted by molar-refractivity contribution is 6.01. The third-order valence-corrected chi connectivity index (χ3v) is 7.75. The van der Waals surface area contributed by atoms with Crippen LogP contribution in [0, 0.1) is 0 Å². The number of carbonyl (C=O) groups excluding carboxylic acids is 1. The maximum absolute atomic E-state index is 14.4. The van der Waals surface area contributed by atoms with Crippen molar-refractivity contribution >= 4 is 17.9 Å². The number of nitrogens with one attached hydrogen (secondary N) is 1. The van der Waals surface area contributed by atoms with Gasteiger partial charge < -0.3 is 19.9 Å². The Bertz CT molecular complexity index is 1690. The number of azide groups is 1. The molecule has 46 heavy (non-hydrogen) atoms. The molecule has 4 aromatic rings. The summed E-state index contributed by atoms with van der Waals surface area (Å²) in [6.45, 7) is 0.981. The standard InChI is InChI=1S/C37H37N5O4/c38-42-40-27-31-16-7-8-17-33(31)34-37(23-9-15-28-11-3-1-4-12-28,36(44)39-24-22-29-13-5-2-6-14-29)41-35(46-34)30-18-20-32(21-19-30)45-26-10-25-43/h1-9,11-21,34,43H,10,22-27H2,(H,39,44)/b15-9+/t34-,37-/m1/s1. The van der Waals surface area contributed by atoms with Gasteiger partial charge in [0.1, 0.15) is 5.75 Å². The Morgan fingerprint density at radius 3 is 2.46 bits per heavy atom. The number of aliphatic imine (C=N–C) groups is 1. The lowest BCUT2D eigenvalue weighted by Gasteiger charge is -2.31. The van der Waals surface area contributed by atoms with E-state index in [1.165, 1.54) is 0 Å². The Hall–Kier alpha value is -5.37. The fourth-order valence-electron chi connectivity index (χ4n) is 5.39. The predicted octanol–water partition coefficient (Wildman–Crippen LogP) is 6.98. The normalized spacial score (nSPS) is 17.2. The first kappa shape index (κ1) is 32.0. The van der Waals surface area contributed by atoms with E-state index in [1.54, 1.807) is 0 Å². The van der Waals surface area contributed by atoms with Gasteiger partial charge in [0.05, 0.1) is 13.2 Å². The number of aliphatic hydroxyl groups is 1. The van der Waals surface area contributed by atoms with Crippen LogP contribution in [0.15, 0.2) is 125 Å². The van der Waals surface area contributed by atoms with E-state index in [1.807, 2.05) is 121 Å². The van der Waals surface area contributed by atoms with E-state index < -0.39 is 11.6 Å². The lowest BCUT2D eigenvalue weighted by atomic mass is 9.82. The fraction of sp³-hybridized carbons (Fsp3) is 0.243. The second-order valence-electron chi connectivity index (χ2n) is 10.9. The third kappa shape index (κ3) is 8.01. The minimum absolute atomic E-state index is 0.0550. The second-order valence-corrected chi connectivity index (χ2v) is 10.9. The van der Waals surface area contributed by atoms with Gasteiger partial charge in [0.25, 0.3) is 5.91 Å². The molecule has 0 spiro atoms. The molecule has 2 atom stereocenters. The number of ether oxygens (including phenoxy) is 2. The molecule has 0 saturated heterocycles. The van der Waals surface area contributed by atoms with Gasteiger partial charge in [-0.15, -0.1) is 0 Å². The van der Waals surface area contributed by atoms with Crippen molar-refractivity contribution in [2.75, 3.05) is 19.8 Å². The Balaban J connectivity index is 1.54. The van der Waals surface area contributed by atoms with Gasteiger partial charge in [-0.3, -0.25) is 4.79 Å². The molecular weight excluding hydrogens is 578 g/mol. The summed E-state index contributed by atoms with van der Waals surface area (Å²) in [5, 5.41) is 16.0. The van der Waals surface area contributed by atoms with Crippen molar-refractivity contribution in [1.82, 2.24) is 5.32 Å². The number of benzene rings is 4. The van der Waals surface area contributed by atoms with Crippen LogP contribution in [0.3, 0.4) is 0 Å². The van der Waals surface area contributed by atoms with E-state index in [0.29, 0.717) is 43.2 Å². The number of aliphatic hydroxyl groups excluding tert-OH is 1. The molecule has 2 N–H and O–H groups in total. The molecule has 0 radical (unpaired) electrons. The lowest BCUT2D eigenvalue weighted by molar-refractivity contribution is -0.128. The van der Waals surface area contributed by atoms with Crippen molar-refractivity contribution in [1.29, 1.82) is 0 Å². The number of nitrogens with zero attached hydrogens (tertiary/aromatic N) is 4. The molecule has 0 unspecified atom stereocenters. The number of hydrogen-bond donors (Lipinski definition) is 2. The zero-order chi connectivity index (χ0) is 32.0. The minimum atomic E-state index is -1.36. The number of carbonyl (C=O) groups is 1. The predicted molar refractivity (Wildman–Crippen MR) is 179 cm³/mol. The molecule has 0 aromatic heterocycles. The largest absolute Gasteiger partial charge is 0.494 e. The quantitative estimate of drug-likeness (QED) is 0.0647. The summed E-state index contributed by atoms with van der Waals surface area (Å²) in [6, 6.07) is 34.7. The molecule has 0 bridgehead atoms. The van der Waals surface area contributed by atoms with E-state index in [2.05, 4.69) is 15.3 Å². The molecule has 0 fully saturated rings. The molecule has 9 heteroatoms. The van der Waals surface area contributed by atoms with Crippen molar-refractivity contribution in [3.8, 4) is 5.75 Å². The Kier molecular flexibility index (Phi) is 11.2. The molecule has 4 aromatic carbocycles. The van der Waals surface area contributed by atoms with Crippen molar-refractivity contribution in [3.05, 3.63) is 154 Å². The van der Waals surface area contributed by atoms with E-state index in [9.17, 15) is 4.79 Å². The van der Waals surface area contributed by atoms with Crippen LogP contribution in [0.25, 0.3) is 16.5 Å². The van der Waals surface area contributed by atoms with Gasteiger partial charge in [-0.05, 0) is 58.5 Å². The summed E-state index contributed by atoms with van der Waals surface area (Å²) in [5.74, 6) is 0.725. The van der Waals surface area contributed by atoms with Gasteiger partial charge in [0.15, 0.2) is 11.6 Å². The summed E-state index contributed by atoms with van der Waals surface area (Å²) in [7, 11) is 0. The average Bonchev–Trinajstić information content (AvgIpc) is 3.49. The molecule has 1 heterocycles. The van der Waals surface area contributed by atoms with Crippen molar-refractivity contribution < 1.29 is 19.4 Å². The molecule has 1 aliphatic heterocycles. The van der Waals surface area contributed by atoms with E-state index in [0.717, 1.165) is 22.3 Å². The second kappa shape index (κ2) is 16.1. The van der Waals surface area contributed by atoms with Gasteiger partial charge in [-0.2, -0.15) is 0 Å². The van der Waals surface area contributed by atoms with Crippen LogP contribution in [0.4, 0.5) is 0 Å². The van der Waals surface area contributed by atoms with Gasteiger partial charge in [0.2, 0.25) is 5.90 Å². The van der Waals surface area contributed by atoms with Crippen LogP contribution >= 0.6 is 0 Å². The van der Waals surface area contributed by atoms with Gasteiger partial charge in [0, 0.05) is 36.5 Å². The van der Waals surface area contributed by atoms with Gasteiger partial charge in [-0.1, -0.05) is 102 Å². The minimum Gasteiger partial charge on any atom is -0.494 e. The molecule has 9 nitrogen and oxygen atoms in total. The van der Waals surface area contributed by atoms with Gasteiger partial charge in [-0.25, -0.2) is 4.99 Å². The summed E-state index contributed by atoms with van der Waals surface area (Å²) in [5.41, 5.74) is 12.0. The zero-order valence-corrected chi connectivity index (χ0v) is 25.5.